The van der Waals surface area contributed by atoms with Gasteiger partial charge in [0.25, 0.3) is 0 Å². The summed E-state index contributed by atoms with van der Waals surface area (Å²) in [7, 11) is -3.58. The first kappa shape index (κ1) is 14.8. The summed E-state index contributed by atoms with van der Waals surface area (Å²) in [6.45, 7) is 5.44. The van der Waals surface area contributed by atoms with E-state index in [4.69, 9.17) is 23.2 Å². The lowest BCUT2D eigenvalue weighted by atomic mass is 10.2. The molecule has 0 aliphatic carbocycles. The Bertz CT molecular complexity index is 514. The molecule has 0 saturated carbocycles. The Hall–Kier alpha value is -0.290. The van der Waals surface area contributed by atoms with Crippen molar-refractivity contribution in [2.24, 2.45) is 0 Å². The second-order valence-corrected chi connectivity index (χ2v) is 6.46. The summed E-state index contributed by atoms with van der Waals surface area (Å²) in [5, 5.41) is 0.592. The van der Waals surface area contributed by atoms with E-state index in [9.17, 15) is 8.42 Å². The van der Waals surface area contributed by atoms with Gasteiger partial charge in [0.1, 0.15) is 4.90 Å². The maximum Gasteiger partial charge on any atom is 0.242 e. The number of benzene rings is 1. The number of halogens is 2. The Morgan fingerprint density at radius 3 is 2.41 bits per heavy atom. The van der Waals surface area contributed by atoms with Crippen LogP contribution in [0.2, 0.25) is 10.0 Å². The lowest BCUT2D eigenvalue weighted by Gasteiger charge is -2.14. The van der Waals surface area contributed by atoms with E-state index >= 15 is 0 Å². The first-order valence-corrected chi connectivity index (χ1v) is 7.49. The Morgan fingerprint density at radius 1 is 1.29 bits per heavy atom. The number of hydrogen-bond acceptors (Lipinski definition) is 2. The number of nitrogens with one attached hydrogen (secondary N) is 1. The van der Waals surface area contributed by atoms with Crippen molar-refractivity contribution in [3.05, 3.63) is 27.7 Å². The van der Waals surface area contributed by atoms with Crippen LogP contribution in [0.5, 0.6) is 0 Å². The van der Waals surface area contributed by atoms with Crippen LogP contribution in [0.15, 0.2) is 17.0 Å². The number of sulfonamides is 1. The minimum absolute atomic E-state index is 0.0707. The van der Waals surface area contributed by atoms with E-state index < -0.39 is 10.0 Å². The van der Waals surface area contributed by atoms with Crippen LogP contribution in [0.3, 0.4) is 0 Å². The van der Waals surface area contributed by atoms with Crippen LogP contribution in [0.4, 0.5) is 0 Å². The van der Waals surface area contributed by atoms with Crippen molar-refractivity contribution in [2.75, 3.05) is 0 Å². The third-order valence-electron chi connectivity index (χ3n) is 2.47. The summed E-state index contributed by atoms with van der Waals surface area (Å²) in [4.78, 5) is 0.0707. The SMILES string of the molecule is CC[C@H](C)NS(=O)(=O)c1cc(C)c(Cl)cc1Cl. The van der Waals surface area contributed by atoms with Crippen molar-refractivity contribution in [3.8, 4) is 0 Å². The fourth-order valence-electron chi connectivity index (χ4n) is 1.25. The molecule has 1 rings (SSSR count). The van der Waals surface area contributed by atoms with Crippen LogP contribution in [-0.4, -0.2) is 14.5 Å². The highest BCUT2D eigenvalue weighted by atomic mass is 35.5. The van der Waals surface area contributed by atoms with Gasteiger partial charge in [0.05, 0.1) is 5.02 Å². The summed E-state index contributed by atoms with van der Waals surface area (Å²) >= 11 is 11.8. The molecule has 0 amide bonds. The van der Waals surface area contributed by atoms with Gasteiger partial charge in [-0.05, 0) is 38.0 Å². The molecular weight excluding hydrogens is 281 g/mol. The molecule has 0 fully saturated rings. The molecule has 17 heavy (non-hydrogen) atoms. The Balaban J connectivity index is 3.20. The molecule has 0 aliphatic heterocycles. The number of hydrogen-bond donors (Lipinski definition) is 1. The first-order chi connectivity index (χ1) is 7.77. The highest BCUT2D eigenvalue weighted by Gasteiger charge is 2.20. The smallest absolute Gasteiger partial charge is 0.208 e. The highest BCUT2D eigenvalue weighted by Crippen LogP contribution is 2.28. The van der Waals surface area contributed by atoms with Gasteiger partial charge in [-0.3, -0.25) is 0 Å². The lowest BCUT2D eigenvalue weighted by molar-refractivity contribution is 0.556. The van der Waals surface area contributed by atoms with Crippen LogP contribution in [-0.2, 0) is 10.0 Å². The quantitative estimate of drug-likeness (QED) is 0.926. The zero-order chi connectivity index (χ0) is 13.2. The molecule has 0 aliphatic rings. The molecule has 0 aromatic heterocycles. The second-order valence-electron chi connectivity index (χ2n) is 3.96. The van der Waals surface area contributed by atoms with Gasteiger partial charge in [-0.2, -0.15) is 0 Å². The van der Waals surface area contributed by atoms with E-state index in [0.29, 0.717) is 17.0 Å². The van der Waals surface area contributed by atoms with Crippen molar-refractivity contribution in [1.29, 1.82) is 0 Å². The molecule has 1 aromatic carbocycles. The fourth-order valence-corrected chi connectivity index (χ4v) is 3.41. The molecule has 0 radical (unpaired) electrons. The standard InChI is InChI=1S/C11H15Cl2NO2S/c1-4-8(3)14-17(15,16)11-5-7(2)9(12)6-10(11)13/h5-6,8,14H,4H2,1-3H3/t8-/m0/s1. The van der Waals surface area contributed by atoms with Crippen LogP contribution in [0.1, 0.15) is 25.8 Å². The van der Waals surface area contributed by atoms with Crippen LogP contribution >= 0.6 is 23.2 Å². The molecular formula is C11H15Cl2NO2S. The van der Waals surface area contributed by atoms with Crippen LogP contribution in [0, 0.1) is 6.92 Å². The normalized spacial score (nSPS) is 13.7. The van der Waals surface area contributed by atoms with E-state index in [1.54, 1.807) is 13.8 Å². The molecule has 0 unspecified atom stereocenters. The van der Waals surface area contributed by atoms with E-state index in [1.165, 1.54) is 12.1 Å². The van der Waals surface area contributed by atoms with Crippen molar-refractivity contribution >= 4 is 33.2 Å². The monoisotopic (exact) mass is 295 g/mol. The third-order valence-corrected chi connectivity index (χ3v) is 4.93. The summed E-state index contributed by atoms with van der Waals surface area (Å²) in [5.74, 6) is 0. The molecule has 6 heteroatoms. The molecule has 1 atom stereocenters. The van der Waals surface area contributed by atoms with Gasteiger partial charge < -0.3 is 0 Å². The Kier molecular flexibility index (Phi) is 4.84. The minimum atomic E-state index is -3.58. The topological polar surface area (TPSA) is 46.2 Å². The van der Waals surface area contributed by atoms with Gasteiger partial charge in [0, 0.05) is 11.1 Å². The number of aryl methyl sites for hydroxylation is 1. The molecule has 1 N–H and O–H groups in total. The molecule has 96 valence electrons. The largest absolute Gasteiger partial charge is 0.242 e. The molecule has 0 heterocycles. The first-order valence-electron chi connectivity index (χ1n) is 5.26. The Labute approximate surface area is 112 Å². The summed E-state index contributed by atoms with van der Waals surface area (Å²) < 4.78 is 26.6. The summed E-state index contributed by atoms with van der Waals surface area (Å²) in [6.07, 6.45) is 0.712. The zero-order valence-corrected chi connectivity index (χ0v) is 12.2. The molecule has 0 bridgehead atoms. The maximum absolute atomic E-state index is 12.0. The molecule has 3 nitrogen and oxygen atoms in total. The van der Waals surface area contributed by atoms with Crippen molar-refractivity contribution in [2.45, 2.75) is 38.1 Å². The van der Waals surface area contributed by atoms with Gasteiger partial charge in [0.15, 0.2) is 0 Å². The average Bonchev–Trinajstić information content (AvgIpc) is 2.22. The second kappa shape index (κ2) is 5.57. The van der Waals surface area contributed by atoms with Gasteiger partial charge in [-0.1, -0.05) is 30.1 Å². The van der Waals surface area contributed by atoms with Gasteiger partial charge >= 0.3 is 0 Å². The number of rotatable bonds is 4. The maximum atomic E-state index is 12.0. The molecule has 0 saturated heterocycles. The fraction of sp³-hybridized carbons (Fsp3) is 0.455. The van der Waals surface area contributed by atoms with Gasteiger partial charge in [-0.15, -0.1) is 0 Å². The molecule has 1 aromatic rings. The van der Waals surface area contributed by atoms with E-state index in [2.05, 4.69) is 4.72 Å². The van der Waals surface area contributed by atoms with Crippen molar-refractivity contribution in [3.63, 3.8) is 0 Å². The summed E-state index contributed by atoms with van der Waals surface area (Å²) in [6, 6.07) is 2.80. The van der Waals surface area contributed by atoms with Crippen LogP contribution in [0.25, 0.3) is 0 Å². The third kappa shape index (κ3) is 3.58. The van der Waals surface area contributed by atoms with Crippen LogP contribution < -0.4 is 4.72 Å². The Morgan fingerprint density at radius 2 is 1.88 bits per heavy atom. The van der Waals surface area contributed by atoms with Gasteiger partial charge in [-0.25, -0.2) is 13.1 Å². The lowest BCUT2D eigenvalue weighted by Crippen LogP contribution is -2.32. The predicted molar refractivity (Wildman–Crippen MR) is 71.3 cm³/mol. The predicted octanol–water partition coefficient (Wildman–Crippen LogP) is 3.38. The van der Waals surface area contributed by atoms with E-state index in [0.717, 1.165) is 0 Å². The van der Waals surface area contributed by atoms with Crippen molar-refractivity contribution in [1.82, 2.24) is 4.72 Å². The summed E-state index contributed by atoms with van der Waals surface area (Å²) in [5.41, 5.74) is 0.681. The zero-order valence-electron chi connectivity index (χ0n) is 9.92. The average molecular weight is 296 g/mol. The minimum Gasteiger partial charge on any atom is -0.208 e. The van der Waals surface area contributed by atoms with E-state index in [-0.39, 0.29) is 16.0 Å². The highest BCUT2D eigenvalue weighted by molar-refractivity contribution is 7.89. The van der Waals surface area contributed by atoms with Crippen molar-refractivity contribution < 1.29 is 8.42 Å². The molecule has 0 spiro atoms. The van der Waals surface area contributed by atoms with E-state index in [1.807, 2.05) is 6.92 Å². The van der Waals surface area contributed by atoms with Gasteiger partial charge in [0.2, 0.25) is 10.0 Å².